The van der Waals surface area contributed by atoms with Crippen LogP contribution in [0.25, 0.3) is 0 Å². The molecule has 0 amide bonds. The molecule has 0 heterocycles. The molecule has 0 spiro atoms. The maximum atomic E-state index is 11.1. The van der Waals surface area contributed by atoms with Gasteiger partial charge in [0.25, 0.3) is 11.4 Å². The predicted octanol–water partition coefficient (Wildman–Crippen LogP) is 4.97. The van der Waals surface area contributed by atoms with E-state index in [4.69, 9.17) is 0 Å². The zero-order valence-corrected chi connectivity index (χ0v) is 13.0. The minimum absolute atomic E-state index is 0.0520. The predicted molar refractivity (Wildman–Crippen MR) is 94.4 cm³/mol. The van der Waals surface area contributed by atoms with Crippen molar-refractivity contribution in [3.63, 3.8) is 0 Å². The molecule has 0 fully saturated rings. The summed E-state index contributed by atoms with van der Waals surface area (Å²) in [6.45, 7) is 0. The van der Waals surface area contributed by atoms with Crippen LogP contribution in [-0.2, 0) is 0 Å². The summed E-state index contributed by atoms with van der Waals surface area (Å²) in [6, 6.07) is 21.5. The Labute approximate surface area is 143 Å². The number of anilines is 3. The third-order valence-corrected chi connectivity index (χ3v) is 3.61. The van der Waals surface area contributed by atoms with E-state index in [0.29, 0.717) is 11.4 Å². The topological polar surface area (TPSA) is 89.5 Å². The Kier molecular flexibility index (Phi) is 4.38. The molecule has 3 aromatic carbocycles. The van der Waals surface area contributed by atoms with E-state index in [0.717, 1.165) is 5.69 Å². The van der Waals surface area contributed by atoms with Gasteiger partial charge >= 0.3 is 0 Å². The van der Waals surface area contributed by atoms with Crippen molar-refractivity contribution < 1.29 is 9.85 Å². The fourth-order valence-electron chi connectivity index (χ4n) is 2.52. The lowest BCUT2D eigenvalue weighted by atomic mass is 10.1. The molecule has 0 atom stereocenters. The number of nitro groups is 2. The Balaban J connectivity index is 2.17. The monoisotopic (exact) mass is 335 g/mol. The van der Waals surface area contributed by atoms with Crippen LogP contribution in [0.15, 0.2) is 78.9 Å². The van der Waals surface area contributed by atoms with Gasteiger partial charge in [-0.05, 0) is 24.3 Å². The summed E-state index contributed by atoms with van der Waals surface area (Å²) in [5.41, 5.74) is 1.72. The van der Waals surface area contributed by atoms with Crippen LogP contribution in [0.3, 0.4) is 0 Å². The van der Waals surface area contributed by atoms with Gasteiger partial charge < -0.3 is 4.90 Å². The number of para-hydroxylation sites is 1. The Bertz CT molecular complexity index is 871. The lowest BCUT2D eigenvalue weighted by Crippen LogP contribution is -2.10. The summed E-state index contributed by atoms with van der Waals surface area (Å²) in [7, 11) is 0. The van der Waals surface area contributed by atoms with Crippen molar-refractivity contribution in [3.8, 4) is 0 Å². The average molecular weight is 335 g/mol. The molecule has 0 saturated carbocycles. The van der Waals surface area contributed by atoms with Gasteiger partial charge in [0.2, 0.25) is 0 Å². The van der Waals surface area contributed by atoms with E-state index in [1.54, 1.807) is 29.2 Å². The zero-order chi connectivity index (χ0) is 17.8. The third kappa shape index (κ3) is 3.45. The van der Waals surface area contributed by atoms with Crippen LogP contribution in [0.4, 0.5) is 28.4 Å². The second kappa shape index (κ2) is 6.79. The van der Waals surface area contributed by atoms with Gasteiger partial charge in [-0.25, -0.2) is 0 Å². The maximum Gasteiger partial charge on any atom is 0.271 e. The van der Waals surface area contributed by atoms with Gasteiger partial charge in [0.1, 0.15) is 0 Å². The van der Waals surface area contributed by atoms with Crippen LogP contribution in [0.2, 0.25) is 0 Å². The first-order chi connectivity index (χ1) is 12.1. The first kappa shape index (κ1) is 16.1. The highest BCUT2D eigenvalue weighted by Gasteiger charge is 2.17. The lowest BCUT2D eigenvalue weighted by molar-refractivity contribution is -0.384. The van der Waals surface area contributed by atoms with Crippen molar-refractivity contribution in [2.24, 2.45) is 0 Å². The minimum atomic E-state index is -0.472. The second-order valence-corrected chi connectivity index (χ2v) is 5.22. The third-order valence-electron chi connectivity index (χ3n) is 3.61. The lowest BCUT2D eigenvalue weighted by Gasteiger charge is -2.25. The molecule has 3 rings (SSSR count). The molecule has 124 valence electrons. The summed E-state index contributed by atoms with van der Waals surface area (Å²) >= 11 is 0. The summed E-state index contributed by atoms with van der Waals surface area (Å²) < 4.78 is 0. The molecule has 0 aliphatic rings. The van der Waals surface area contributed by atoms with Gasteiger partial charge in [0, 0.05) is 30.0 Å². The van der Waals surface area contributed by atoms with Crippen LogP contribution in [0.1, 0.15) is 0 Å². The quantitative estimate of drug-likeness (QED) is 0.485. The highest BCUT2D eigenvalue weighted by molar-refractivity contribution is 5.78. The number of hydrogen-bond acceptors (Lipinski definition) is 5. The Morgan fingerprint density at radius 3 is 1.48 bits per heavy atom. The molecule has 0 aromatic heterocycles. The molecule has 0 saturated heterocycles. The van der Waals surface area contributed by atoms with Crippen molar-refractivity contribution in [2.45, 2.75) is 0 Å². The van der Waals surface area contributed by atoms with E-state index in [-0.39, 0.29) is 11.4 Å². The number of nitrogens with zero attached hydrogens (tertiary/aromatic N) is 3. The van der Waals surface area contributed by atoms with Crippen LogP contribution in [-0.4, -0.2) is 9.85 Å². The Morgan fingerprint density at radius 1 is 0.600 bits per heavy atom. The number of non-ortho nitro benzene ring substituents is 2. The molecule has 3 aromatic rings. The number of nitro benzene ring substituents is 2. The number of benzene rings is 3. The Morgan fingerprint density at radius 2 is 1.04 bits per heavy atom. The van der Waals surface area contributed by atoms with Gasteiger partial charge in [-0.2, -0.15) is 0 Å². The molecule has 0 aliphatic carbocycles. The maximum absolute atomic E-state index is 11.1. The van der Waals surface area contributed by atoms with Gasteiger partial charge in [0.15, 0.2) is 0 Å². The molecule has 7 nitrogen and oxygen atoms in total. The molecule has 0 bridgehead atoms. The molecule has 0 aliphatic heterocycles. The van der Waals surface area contributed by atoms with Gasteiger partial charge in [-0.15, -0.1) is 0 Å². The van der Waals surface area contributed by atoms with E-state index in [1.165, 1.54) is 24.3 Å². The van der Waals surface area contributed by atoms with Crippen LogP contribution >= 0.6 is 0 Å². The van der Waals surface area contributed by atoms with Crippen LogP contribution in [0, 0.1) is 20.2 Å². The highest BCUT2D eigenvalue weighted by Crippen LogP contribution is 2.36. The smallest absolute Gasteiger partial charge is 0.271 e. The number of rotatable bonds is 5. The normalized spacial score (nSPS) is 10.2. The van der Waals surface area contributed by atoms with Crippen molar-refractivity contribution in [2.75, 3.05) is 4.90 Å². The van der Waals surface area contributed by atoms with E-state index in [9.17, 15) is 20.2 Å². The van der Waals surface area contributed by atoms with Crippen LogP contribution in [0.5, 0.6) is 0 Å². The van der Waals surface area contributed by atoms with Crippen LogP contribution < -0.4 is 4.90 Å². The molecule has 7 heteroatoms. The van der Waals surface area contributed by atoms with Crippen molar-refractivity contribution in [1.82, 2.24) is 0 Å². The van der Waals surface area contributed by atoms with Crippen molar-refractivity contribution in [3.05, 3.63) is 99.1 Å². The molecular formula is C18H13N3O4. The zero-order valence-electron chi connectivity index (χ0n) is 13.0. The molecule has 25 heavy (non-hydrogen) atoms. The largest absolute Gasteiger partial charge is 0.310 e. The van der Waals surface area contributed by atoms with Gasteiger partial charge in [-0.1, -0.05) is 30.3 Å². The van der Waals surface area contributed by atoms with Gasteiger partial charge in [-0.3, -0.25) is 20.2 Å². The Hall–Kier alpha value is -3.74. The number of hydrogen-bond donors (Lipinski definition) is 0. The van der Waals surface area contributed by atoms with Crippen molar-refractivity contribution in [1.29, 1.82) is 0 Å². The summed E-state index contributed by atoms with van der Waals surface area (Å²) in [5, 5.41) is 22.2. The van der Waals surface area contributed by atoms with E-state index < -0.39 is 9.85 Å². The summed E-state index contributed by atoms with van der Waals surface area (Å²) in [5.74, 6) is 0. The standard InChI is InChI=1S/C18H13N3O4/c22-20(23)17-10-4-8-15(12-17)19(14-6-2-1-3-7-14)16-9-5-11-18(13-16)21(24)25/h1-13H. The highest BCUT2D eigenvalue weighted by atomic mass is 16.6. The minimum Gasteiger partial charge on any atom is -0.310 e. The first-order valence-corrected chi connectivity index (χ1v) is 7.40. The fraction of sp³-hybridized carbons (Fsp3) is 0. The summed E-state index contributed by atoms with van der Waals surface area (Å²) in [4.78, 5) is 23.0. The van der Waals surface area contributed by atoms with E-state index in [2.05, 4.69) is 0 Å². The summed E-state index contributed by atoms with van der Waals surface area (Å²) in [6.07, 6.45) is 0. The van der Waals surface area contributed by atoms with E-state index >= 15 is 0 Å². The van der Waals surface area contributed by atoms with Gasteiger partial charge in [0.05, 0.1) is 21.2 Å². The van der Waals surface area contributed by atoms with Crippen molar-refractivity contribution >= 4 is 28.4 Å². The molecule has 0 unspecified atom stereocenters. The van der Waals surface area contributed by atoms with E-state index in [1.807, 2.05) is 30.3 Å². The average Bonchev–Trinajstić information content (AvgIpc) is 2.63. The molecule has 0 N–H and O–H groups in total. The SMILES string of the molecule is O=[N+]([O-])c1cccc(N(c2ccccc2)c2cccc([N+](=O)[O-])c2)c1. The second-order valence-electron chi connectivity index (χ2n) is 5.22. The first-order valence-electron chi connectivity index (χ1n) is 7.40. The molecular weight excluding hydrogens is 322 g/mol. The fourth-order valence-corrected chi connectivity index (χ4v) is 2.52. The molecule has 0 radical (unpaired) electrons.